The summed E-state index contributed by atoms with van der Waals surface area (Å²) in [5.41, 5.74) is 1.23. The van der Waals surface area contributed by atoms with Gasteiger partial charge in [0, 0.05) is 5.75 Å². The van der Waals surface area contributed by atoms with E-state index in [4.69, 9.17) is 4.74 Å². The zero-order valence-electron chi connectivity index (χ0n) is 10.3. The summed E-state index contributed by atoms with van der Waals surface area (Å²) in [6.45, 7) is 5.09. The predicted molar refractivity (Wildman–Crippen MR) is 68.6 cm³/mol. The number of unbranched alkanes of at least 4 members (excludes halogenated alkanes) is 3. The second kappa shape index (κ2) is 11.6. The van der Waals surface area contributed by atoms with E-state index < -0.39 is 0 Å². The number of hydrogen-bond donors (Lipinski definition) is 0. The average molecular weight is 337 g/mol. The third-order valence-electron chi connectivity index (χ3n) is 2.20. The fourth-order valence-electron chi connectivity index (χ4n) is 1.29. The second-order valence-corrected chi connectivity index (χ2v) is 3.64. The van der Waals surface area contributed by atoms with Crippen LogP contribution in [0.5, 0.6) is 5.75 Å². The molecule has 0 atom stereocenters. The van der Waals surface area contributed by atoms with E-state index in [1.165, 1.54) is 41.2 Å². The molecule has 1 rings (SSSR count). The van der Waals surface area contributed by atoms with Gasteiger partial charge in [0.2, 0.25) is 0 Å². The van der Waals surface area contributed by atoms with Gasteiger partial charge in [0.1, 0.15) is 0 Å². The van der Waals surface area contributed by atoms with Gasteiger partial charge in [-0.25, -0.2) is 0 Å². The Morgan fingerprint density at radius 3 is 2.56 bits per heavy atom. The number of hydrogen-bond acceptors (Lipinski definition) is 1. The normalized spacial score (nSPS) is 9.31. The van der Waals surface area contributed by atoms with Crippen LogP contribution in [0.15, 0.2) is 18.2 Å². The van der Waals surface area contributed by atoms with Gasteiger partial charge in [-0.1, -0.05) is 33.1 Å². The van der Waals surface area contributed by atoms with Crippen LogP contribution < -0.4 is 4.74 Å². The summed E-state index contributed by atoms with van der Waals surface area (Å²) in [6, 6.07) is 9.10. The number of benzene rings is 1. The molecular weight excluding hydrogens is 317 g/mol. The van der Waals surface area contributed by atoms with Gasteiger partial charge in [0.15, 0.2) is 0 Å². The van der Waals surface area contributed by atoms with Crippen molar-refractivity contribution in [3.05, 3.63) is 29.8 Å². The van der Waals surface area contributed by atoms with Crippen LogP contribution in [0.25, 0.3) is 0 Å². The Morgan fingerprint density at radius 2 is 2.00 bits per heavy atom. The molecule has 0 N–H and O–H groups in total. The van der Waals surface area contributed by atoms with Crippen molar-refractivity contribution in [2.24, 2.45) is 0 Å². The molecule has 0 aliphatic carbocycles. The fourth-order valence-corrected chi connectivity index (χ4v) is 1.29. The van der Waals surface area contributed by atoms with Crippen molar-refractivity contribution in [3.8, 4) is 5.75 Å². The summed E-state index contributed by atoms with van der Waals surface area (Å²) in [4.78, 5) is 0. The molecule has 0 fully saturated rings. The van der Waals surface area contributed by atoms with Crippen LogP contribution >= 0.6 is 13.6 Å². The van der Waals surface area contributed by atoms with Crippen molar-refractivity contribution in [3.63, 3.8) is 0 Å². The first-order valence-corrected chi connectivity index (χ1v) is 12.7. The van der Waals surface area contributed by atoms with E-state index in [9.17, 15) is 0 Å². The molecule has 0 saturated carbocycles. The maximum atomic E-state index is 5.55. The summed E-state index contributed by atoms with van der Waals surface area (Å²) < 4.78 is 5.55. The van der Waals surface area contributed by atoms with Crippen LogP contribution in [0.1, 0.15) is 38.2 Å². The Bertz CT molecular complexity index is 249. The summed E-state index contributed by atoms with van der Waals surface area (Å²) in [7, 11) is 0. The maximum absolute atomic E-state index is 5.55. The molecule has 86 valence electrons. The Labute approximate surface area is 116 Å². The SMILES string of the molecule is CCCCCCOc1[c-]cc(C)cc1.[Zn+][Br]. The molecule has 0 saturated heterocycles. The topological polar surface area (TPSA) is 9.23 Å². The van der Waals surface area contributed by atoms with Gasteiger partial charge in [-0.15, -0.1) is 12.1 Å². The molecule has 0 heterocycles. The van der Waals surface area contributed by atoms with E-state index in [2.05, 4.69) is 39.6 Å². The molecule has 1 aromatic carbocycles. The van der Waals surface area contributed by atoms with Crippen LogP contribution in [0.2, 0.25) is 0 Å². The third kappa shape index (κ3) is 8.30. The summed E-state index contributed by atoms with van der Waals surface area (Å²) in [5, 5.41) is 0. The van der Waals surface area contributed by atoms with Gasteiger partial charge >= 0.3 is 30.0 Å². The van der Waals surface area contributed by atoms with Crippen LogP contribution in [-0.2, 0) is 16.3 Å². The average Bonchev–Trinajstić information content (AvgIpc) is 2.34. The molecule has 0 unspecified atom stereocenters. The molecule has 0 bridgehead atoms. The van der Waals surface area contributed by atoms with Crippen molar-refractivity contribution in [1.29, 1.82) is 0 Å². The van der Waals surface area contributed by atoms with Gasteiger partial charge in [-0.05, 0) is 6.42 Å². The first-order valence-electron chi connectivity index (χ1n) is 5.71. The molecule has 0 aliphatic rings. The molecule has 3 heteroatoms. The van der Waals surface area contributed by atoms with Gasteiger partial charge in [-0.3, -0.25) is 0 Å². The zero-order chi connectivity index (χ0) is 12.2. The summed E-state index contributed by atoms with van der Waals surface area (Å²) in [6.07, 6.45) is 5.00. The first kappa shape index (κ1) is 16.1. The van der Waals surface area contributed by atoms with Crippen molar-refractivity contribution in [1.82, 2.24) is 0 Å². The van der Waals surface area contributed by atoms with Gasteiger partial charge in [-0.2, -0.15) is 17.7 Å². The van der Waals surface area contributed by atoms with Crippen molar-refractivity contribution in [2.75, 3.05) is 6.61 Å². The first-order chi connectivity index (χ1) is 7.83. The summed E-state index contributed by atoms with van der Waals surface area (Å²) in [5.74, 6) is 0.868. The Hall–Kier alpha value is 0.123. The molecular formula is C13H19BrOZn. The third-order valence-corrected chi connectivity index (χ3v) is 2.20. The number of rotatable bonds is 6. The molecule has 0 spiro atoms. The Morgan fingerprint density at radius 1 is 1.25 bits per heavy atom. The van der Waals surface area contributed by atoms with Crippen LogP contribution in [0, 0.1) is 13.0 Å². The number of aryl methyl sites for hydroxylation is 1. The van der Waals surface area contributed by atoms with Gasteiger partial charge in [0.05, 0.1) is 6.61 Å². The monoisotopic (exact) mass is 334 g/mol. The van der Waals surface area contributed by atoms with Crippen molar-refractivity contribution in [2.45, 2.75) is 39.5 Å². The van der Waals surface area contributed by atoms with Crippen LogP contribution in [0.3, 0.4) is 0 Å². The van der Waals surface area contributed by atoms with E-state index in [1.54, 1.807) is 0 Å². The predicted octanol–water partition coefficient (Wildman–Crippen LogP) is 4.60. The minimum absolute atomic E-state index is 0.819. The van der Waals surface area contributed by atoms with E-state index in [0.717, 1.165) is 18.8 Å². The fraction of sp³-hybridized carbons (Fsp3) is 0.538. The van der Waals surface area contributed by atoms with E-state index in [1.807, 2.05) is 12.1 Å². The Balaban J connectivity index is 0.00000106. The quantitative estimate of drug-likeness (QED) is 0.419. The molecule has 0 aromatic heterocycles. The van der Waals surface area contributed by atoms with E-state index in [0.29, 0.717) is 0 Å². The molecule has 0 radical (unpaired) electrons. The molecule has 1 aromatic rings. The van der Waals surface area contributed by atoms with Gasteiger partial charge in [0.25, 0.3) is 0 Å². The molecule has 1 nitrogen and oxygen atoms in total. The van der Waals surface area contributed by atoms with Crippen LogP contribution in [-0.4, -0.2) is 6.61 Å². The standard InChI is InChI=1S/C13H19O.BrH.Zn/c1-3-4-5-6-11-14-13-9-7-12(2)8-10-13;;/h7-9H,3-6,11H2,1-2H3;1H;/q-1;;+2/p-1. The van der Waals surface area contributed by atoms with Crippen molar-refractivity contribution < 1.29 is 21.1 Å². The molecule has 0 amide bonds. The van der Waals surface area contributed by atoms with Gasteiger partial charge < -0.3 is 4.74 Å². The van der Waals surface area contributed by atoms with Crippen LogP contribution in [0.4, 0.5) is 0 Å². The number of halogens is 1. The summed E-state index contributed by atoms with van der Waals surface area (Å²) >= 11 is 4.25. The second-order valence-electron chi connectivity index (χ2n) is 3.64. The van der Waals surface area contributed by atoms with E-state index in [-0.39, 0.29) is 0 Å². The van der Waals surface area contributed by atoms with E-state index >= 15 is 0 Å². The van der Waals surface area contributed by atoms with Crippen molar-refractivity contribution >= 4 is 13.6 Å². The number of ether oxygens (including phenoxy) is 1. The minimum atomic E-state index is 0.819. The molecule has 0 aliphatic heterocycles. The molecule has 16 heavy (non-hydrogen) atoms. The Kier molecular flexibility index (Phi) is 11.7. The zero-order valence-corrected chi connectivity index (χ0v) is 14.8.